The van der Waals surface area contributed by atoms with Crippen LogP contribution in [0.5, 0.6) is 0 Å². The number of carbonyl (C=O) groups is 1. The number of benzene rings is 1. The van der Waals surface area contributed by atoms with Gasteiger partial charge < -0.3 is 16.0 Å². The van der Waals surface area contributed by atoms with Crippen molar-refractivity contribution in [1.29, 1.82) is 0 Å². The number of halogens is 3. The molecule has 4 nitrogen and oxygen atoms in total. The Bertz CT molecular complexity index is 463. The van der Waals surface area contributed by atoms with E-state index in [0.717, 1.165) is 25.0 Å². The smallest absolute Gasteiger partial charge is 0.329 e. The van der Waals surface area contributed by atoms with Gasteiger partial charge in [0.2, 0.25) is 0 Å². The SMILES string of the molecule is CCCCN(CCN)C(=O)Nc1cccc(C(F)(F)F)c1. The molecular formula is C14H20F3N3O. The molecule has 0 bridgehead atoms. The van der Waals surface area contributed by atoms with Crippen molar-refractivity contribution in [2.75, 3.05) is 25.0 Å². The molecule has 1 rings (SSSR count). The molecule has 0 aliphatic rings. The summed E-state index contributed by atoms with van der Waals surface area (Å²) in [7, 11) is 0. The number of alkyl halides is 3. The Balaban J connectivity index is 2.76. The number of nitrogens with zero attached hydrogens (tertiary/aromatic N) is 1. The van der Waals surface area contributed by atoms with E-state index in [1.54, 1.807) is 0 Å². The molecule has 21 heavy (non-hydrogen) atoms. The lowest BCUT2D eigenvalue weighted by molar-refractivity contribution is -0.137. The molecule has 0 fully saturated rings. The van der Waals surface area contributed by atoms with E-state index in [2.05, 4.69) is 5.32 Å². The van der Waals surface area contributed by atoms with Crippen LogP contribution in [0, 0.1) is 0 Å². The summed E-state index contributed by atoms with van der Waals surface area (Å²) in [6.45, 7) is 3.19. The molecule has 2 amide bonds. The number of anilines is 1. The zero-order valence-corrected chi connectivity index (χ0v) is 11.9. The summed E-state index contributed by atoms with van der Waals surface area (Å²) in [5.41, 5.74) is 4.77. The van der Waals surface area contributed by atoms with Gasteiger partial charge in [-0.2, -0.15) is 13.2 Å². The van der Waals surface area contributed by atoms with E-state index in [1.165, 1.54) is 17.0 Å². The highest BCUT2D eigenvalue weighted by atomic mass is 19.4. The van der Waals surface area contributed by atoms with Crippen molar-refractivity contribution in [2.45, 2.75) is 25.9 Å². The predicted molar refractivity (Wildman–Crippen MR) is 76.0 cm³/mol. The van der Waals surface area contributed by atoms with Crippen LogP contribution in [0.15, 0.2) is 24.3 Å². The van der Waals surface area contributed by atoms with Crippen molar-refractivity contribution in [3.63, 3.8) is 0 Å². The van der Waals surface area contributed by atoms with Crippen LogP contribution in [0.1, 0.15) is 25.3 Å². The van der Waals surface area contributed by atoms with Crippen molar-refractivity contribution in [2.24, 2.45) is 5.73 Å². The Morgan fingerprint density at radius 1 is 1.33 bits per heavy atom. The van der Waals surface area contributed by atoms with E-state index >= 15 is 0 Å². The molecule has 1 aromatic carbocycles. The minimum Gasteiger partial charge on any atom is -0.329 e. The highest BCUT2D eigenvalue weighted by Gasteiger charge is 2.30. The van der Waals surface area contributed by atoms with Crippen molar-refractivity contribution in [1.82, 2.24) is 4.90 Å². The zero-order chi connectivity index (χ0) is 15.9. The number of nitrogens with one attached hydrogen (secondary N) is 1. The van der Waals surface area contributed by atoms with E-state index < -0.39 is 17.8 Å². The first-order valence-corrected chi connectivity index (χ1v) is 6.81. The quantitative estimate of drug-likeness (QED) is 0.847. The number of urea groups is 1. The van der Waals surface area contributed by atoms with Gasteiger partial charge in [-0.1, -0.05) is 19.4 Å². The summed E-state index contributed by atoms with van der Waals surface area (Å²) in [5, 5.41) is 2.48. The number of unbranched alkanes of at least 4 members (excludes halogenated alkanes) is 1. The molecule has 0 aliphatic heterocycles. The number of nitrogens with two attached hydrogens (primary N) is 1. The van der Waals surface area contributed by atoms with Gasteiger partial charge in [0.15, 0.2) is 0 Å². The van der Waals surface area contributed by atoms with E-state index in [1.807, 2.05) is 6.92 Å². The molecule has 0 aliphatic carbocycles. The van der Waals surface area contributed by atoms with Crippen molar-refractivity contribution < 1.29 is 18.0 Å². The van der Waals surface area contributed by atoms with Gasteiger partial charge in [0.05, 0.1) is 5.56 Å². The fourth-order valence-corrected chi connectivity index (χ4v) is 1.80. The van der Waals surface area contributed by atoms with Gasteiger partial charge in [-0.05, 0) is 24.6 Å². The molecule has 3 N–H and O–H groups in total. The van der Waals surface area contributed by atoms with E-state index in [4.69, 9.17) is 5.73 Å². The van der Waals surface area contributed by atoms with Gasteiger partial charge in [0.1, 0.15) is 0 Å². The van der Waals surface area contributed by atoms with Crippen LogP contribution in [0.4, 0.5) is 23.7 Å². The fourth-order valence-electron chi connectivity index (χ4n) is 1.80. The summed E-state index contributed by atoms with van der Waals surface area (Å²) >= 11 is 0. The number of carbonyl (C=O) groups excluding carboxylic acids is 1. The molecule has 7 heteroatoms. The monoisotopic (exact) mass is 303 g/mol. The maximum Gasteiger partial charge on any atom is 0.416 e. The molecule has 1 aromatic rings. The van der Waals surface area contributed by atoms with E-state index in [0.29, 0.717) is 19.6 Å². The van der Waals surface area contributed by atoms with Crippen LogP contribution in [0.3, 0.4) is 0 Å². The van der Waals surface area contributed by atoms with Crippen LogP contribution < -0.4 is 11.1 Å². The molecule has 0 unspecified atom stereocenters. The van der Waals surface area contributed by atoms with Gasteiger partial charge in [-0.15, -0.1) is 0 Å². The minimum atomic E-state index is -4.43. The molecular weight excluding hydrogens is 283 g/mol. The van der Waals surface area contributed by atoms with Crippen LogP contribution in [-0.4, -0.2) is 30.6 Å². The second-order valence-electron chi connectivity index (χ2n) is 4.64. The van der Waals surface area contributed by atoms with Crippen LogP contribution >= 0.6 is 0 Å². The number of amides is 2. The molecule has 0 aromatic heterocycles. The zero-order valence-electron chi connectivity index (χ0n) is 11.9. The topological polar surface area (TPSA) is 58.4 Å². The third kappa shape index (κ3) is 5.63. The third-order valence-corrected chi connectivity index (χ3v) is 2.91. The molecule has 0 radical (unpaired) electrons. The van der Waals surface area contributed by atoms with Gasteiger partial charge in [-0.3, -0.25) is 0 Å². The second kappa shape index (κ2) is 7.87. The lowest BCUT2D eigenvalue weighted by atomic mass is 10.2. The predicted octanol–water partition coefficient (Wildman–Crippen LogP) is 3.30. The number of hydrogen-bond acceptors (Lipinski definition) is 2. The van der Waals surface area contributed by atoms with Crippen LogP contribution in [-0.2, 0) is 6.18 Å². The first-order valence-electron chi connectivity index (χ1n) is 6.81. The average molecular weight is 303 g/mol. The maximum absolute atomic E-state index is 12.6. The van der Waals surface area contributed by atoms with Crippen LogP contribution in [0.2, 0.25) is 0 Å². The van der Waals surface area contributed by atoms with Gasteiger partial charge in [-0.25, -0.2) is 4.79 Å². The standard InChI is InChI=1S/C14H20F3N3O/c1-2-3-8-20(9-7-18)13(21)19-12-6-4-5-11(10-12)14(15,16)17/h4-6,10H,2-3,7-9,18H2,1H3,(H,19,21). The highest BCUT2D eigenvalue weighted by molar-refractivity contribution is 5.89. The van der Waals surface area contributed by atoms with Crippen molar-refractivity contribution in [3.8, 4) is 0 Å². The molecule has 0 saturated heterocycles. The Morgan fingerprint density at radius 3 is 2.62 bits per heavy atom. The van der Waals surface area contributed by atoms with Crippen molar-refractivity contribution >= 4 is 11.7 Å². The normalized spacial score (nSPS) is 11.3. The summed E-state index contributed by atoms with van der Waals surface area (Å²) in [6, 6.07) is 4.13. The molecule has 0 atom stereocenters. The third-order valence-electron chi connectivity index (χ3n) is 2.91. The Kier molecular flexibility index (Phi) is 6.48. The first-order chi connectivity index (χ1) is 9.88. The lowest BCUT2D eigenvalue weighted by Gasteiger charge is -2.22. The van der Waals surface area contributed by atoms with Crippen molar-refractivity contribution in [3.05, 3.63) is 29.8 Å². The van der Waals surface area contributed by atoms with Crippen LogP contribution in [0.25, 0.3) is 0 Å². The van der Waals surface area contributed by atoms with Gasteiger partial charge >= 0.3 is 12.2 Å². The van der Waals surface area contributed by atoms with Gasteiger partial charge in [0, 0.05) is 25.3 Å². The maximum atomic E-state index is 12.6. The molecule has 0 spiro atoms. The Hall–Kier alpha value is -1.76. The molecule has 0 saturated carbocycles. The van der Waals surface area contributed by atoms with Gasteiger partial charge in [0.25, 0.3) is 0 Å². The lowest BCUT2D eigenvalue weighted by Crippen LogP contribution is -2.39. The molecule has 0 heterocycles. The summed E-state index contributed by atoms with van der Waals surface area (Å²) in [4.78, 5) is 13.6. The van der Waals surface area contributed by atoms with E-state index in [9.17, 15) is 18.0 Å². The largest absolute Gasteiger partial charge is 0.416 e. The summed E-state index contributed by atoms with van der Waals surface area (Å²) in [6.07, 6.45) is -2.70. The Labute approximate surface area is 122 Å². The fraction of sp³-hybridized carbons (Fsp3) is 0.500. The molecule has 118 valence electrons. The summed E-state index contributed by atoms with van der Waals surface area (Å²) in [5.74, 6) is 0. The second-order valence-corrected chi connectivity index (χ2v) is 4.64. The first kappa shape index (κ1) is 17.3. The minimum absolute atomic E-state index is 0.119. The average Bonchev–Trinajstić information content (AvgIpc) is 2.42. The highest BCUT2D eigenvalue weighted by Crippen LogP contribution is 2.30. The summed E-state index contributed by atoms with van der Waals surface area (Å²) < 4.78 is 37.8. The van der Waals surface area contributed by atoms with E-state index in [-0.39, 0.29) is 5.69 Å². The Morgan fingerprint density at radius 2 is 2.05 bits per heavy atom. The number of rotatable bonds is 6. The number of hydrogen-bond donors (Lipinski definition) is 2.